The molecule has 0 aliphatic heterocycles. The zero-order valence-electron chi connectivity index (χ0n) is 10.6. The van der Waals surface area contributed by atoms with Gasteiger partial charge in [-0.2, -0.15) is 4.98 Å². The van der Waals surface area contributed by atoms with Gasteiger partial charge in [0.25, 0.3) is 5.89 Å². The summed E-state index contributed by atoms with van der Waals surface area (Å²) in [6.45, 7) is 1.79. The van der Waals surface area contributed by atoms with Gasteiger partial charge in [-0.1, -0.05) is 11.6 Å². The molecule has 18 heavy (non-hydrogen) atoms. The molecule has 0 bridgehead atoms. The smallest absolute Gasteiger partial charge is 0.332 e. The molecule has 0 spiro atoms. The molecule has 1 aliphatic rings. The minimum Gasteiger partial charge on any atom is -0.461 e. The highest BCUT2D eigenvalue weighted by Crippen LogP contribution is 2.20. The van der Waals surface area contributed by atoms with E-state index in [9.17, 15) is 4.79 Å². The van der Waals surface area contributed by atoms with E-state index in [1.807, 2.05) is 0 Å². The van der Waals surface area contributed by atoms with Gasteiger partial charge in [-0.05, 0) is 32.6 Å². The van der Waals surface area contributed by atoms with Crippen molar-refractivity contribution < 1.29 is 18.8 Å². The summed E-state index contributed by atoms with van der Waals surface area (Å²) < 4.78 is 15.3. The van der Waals surface area contributed by atoms with Crippen LogP contribution in [0.5, 0.6) is 0 Å². The van der Waals surface area contributed by atoms with Gasteiger partial charge in [-0.25, -0.2) is 4.79 Å². The average Bonchev–Trinajstić information content (AvgIpc) is 2.76. The van der Waals surface area contributed by atoms with Crippen molar-refractivity contribution in [3.8, 4) is 0 Å². The number of hydrogen-bond donors (Lipinski definition) is 0. The van der Waals surface area contributed by atoms with Gasteiger partial charge in [0.05, 0.1) is 0 Å². The number of aryl methyl sites for hydroxylation is 1. The van der Waals surface area contributed by atoms with Crippen LogP contribution in [0.25, 0.3) is 0 Å². The maximum Gasteiger partial charge on any atom is 0.332 e. The molecule has 6 heteroatoms. The first-order valence-corrected chi connectivity index (χ1v) is 6.30. The second kappa shape index (κ2) is 6.49. The Balaban J connectivity index is 1.62. The second-order valence-electron chi connectivity index (χ2n) is 4.48. The van der Waals surface area contributed by atoms with Gasteiger partial charge < -0.3 is 14.0 Å². The quantitative estimate of drug-likeness (QED) is 0.745. The van der Waals surface area contributed by atoms with Crippen LogP contribution in [0.4, 0.5) is 0 Å². The molecule has 0 N–H and O–H groups in total. The molecule has 0 saturated heterocycles. The van der Waals surface area contributed by atoms with Crippen LogP contribution in [0.15, 0.2) is 4.52 Å². The minimum atomic E-state index is -0.321. The number of rotatable bonds is 5. The predicted molar refractivity (Wildman–Crippen MR) is 61.7 cm³/mol. The van der Waals surface area contributed by atoms with Gasteiger partial charge in [0.15, 0.2) is 5.82 Å². The van der Waals surface area contributed by atoms with Crippen LogP contribution < -0.4 is 0 Å². The molecule has 1 aromatic heterocycles. The van der Waals surface area contributed by atoms with E-state index in [0.717, 1.165) is 25.7 Å². The van der Waals surface area contributed by atoms with Crippen molar-refractivity contribution in [2.45, 2.75) is 51.7 Å². The monoisotopic (exact) mass is 254 g/mol. The first-order chi connectivity index (χ1) is 8.74. The lowest BCUT2D eigenvalue weighted by Gasteiger charge is -2.21. The van der Waals surface area contributed by atoms with E-state index in [1.54, 1.807) is 6.92 Å². The lowest BCUT2D eigenvalue weighted by molar-refractivity contribution is -0.156. The van der Waals surface area contributed by atoms with Gasteiger partial charge in [0.2, 0.25) is 0 Å². The van der Waals surface area contributed by atoms with Crippen LogP contribution in [0.1, 0.15) is 43.8 Å². The highest BCUT2D eigenvalue weighted by Gasteiger charge is 2.17. The van der Waals surface area contributed by atoms with Gasteiger partial charge in [-0.3, -0.25) is 0 Å². The maximum absolute atomic E-state index is 11.5. The second-order valence-corrected chi connectivity index (χ2v) is 4.48. The third kappa shape index (κ3) is 4.10. The molecule has 0 amide bonds. The fourth-order valence-electron chi connectivity index (χ4n) is 2.02. The standard InChI is InChI=1S/C12H18N2O4/c1-9-13-11(18-14-9)7-16-8-12(15)17-10-5-3-2-4-6-10/h10H,2-8H2,1H3. The summed E-state index contributed by atoms with van der Waals surface area (Å²) in [4.78, 5) is 15.5. The van der Waals surface area contributed by atoms with Crippen molar-refractivity contribution in [2.75, 3.05) is 6.61 Å². The molecule has 0 radical (unpaired) electrons. The number of esters is 1. The topological polar surface area (TPSA) is 74.5 Å². The van der Waals surface area contributed by atoms with E-state index < -0.39 is 0 Å². The lowest BCUT2D eigenvalue weighted by Crippen LogP contribution is -2.23. The van der Waals surface area contributed by atoms with Gasteiger partial charge in [0.1, 0.15) is 19.3 Å². The normalized spacial score (nSPS) is 16.7. The van der Waals surface area contributed by atoms with Gasteiger partial charge in [0, 0.05) is 0 Å². The highest BCUT2D eigenvalue weighted by atomic mass is 16.6. The summed E-state index contributed by atoms with van der Waals surface area (Å²) in [6.07, 6.45) is 5.52. The van der Waals surface area contributed by atoms with Crippen molar-refractivity contribution in [1.82, 2.24) is 10.1 Å². The largest absolute Gasteiger partial charge is 0.461 e. The summed E-state index contributed by atoms with van der Waals surface area (Å²) in [5.74, 6) is 0.606. The lowest BCUT2D eigenvalue weighted by atomic mass is 9.98. The Morgan fingerprint density at radius 1 is 1.39 bits per heavy atom. The Kier molecular flexibility index (Phi) is 4.69. The maximum atomic E-state index is 11.5. The van der Waals surface area contributed by atoms with Gasteiger partial charge >= 0.3 is 5.97 Å². The van der Waals surface area contributed by atoms with E-state index in [1.165, 1.54) is 6.42 Å². The SMILES string of the molecule is Cc1noc(COCC(=O)OC2CCCCC2)n1. The van der Waals surface area contributed by atoms with Crippen molar-refractivity contribution in [3.63, 3.8) is 0 Å². The Morgan fingerprint density at radius 2 is 2.17 bits per heavy atom. The van der Waals surface area contributed by atoms with Crippen molar-refractivity contribution in [2.24, 2.45) is 0 Å². The van der Waals surface area contributed by atoms with Crippen LogP contribution in [0.2, 0.25) is 0 Å². The minimum absolute atomic E-state index is 0.0699. The summed E-state index contributed by atoms with van der Waals surface area (Å²) in [5.41, 5.74) is 0. The number of aromatic nitrogens is 2. The van der Waals surface area contributed by atoms with E-state index in [4.69, 9.17) is 14.0 Å². The van der Waals surface area contributed by atoms with Crippen LogP contribution in [-0.2, 0) is 20.9 Å². The summed E-state index contributed by atoms with van der Waals surface area (Å²) >= 11 is 0. The third-order valence-electron chi connectivity index (χ3n) is 2.87. The zero-order valence-corrected chi connectivity index (χ0v) is 10.6. The number of carbonyl (C=O) groups is 1. The van der Waals surface area contributed by atoms with E-state index in [-0.39, 0.29) is 25.3 Å². The summed E-state index contributed by atoms with van der Waals surface area (Å²) in [7, 11) is 0. The number of ether oxygens (including phenoxy) is 2. The molecular formula is C12H18N2O4. The van der Waals surface area contributed by atoms with E-state index in [2.05, 4.69) is 10.1 Å². The number of carbonyl (C=O) groups excluding carboxylic acids is 1. The highest BCUT2D eigenvalue weighted by molar-refractivity contribution is 5.70. The number of nitrogens with zero attached hydrogens (tertiary/aromatic N) is 2. The van der Waals surface area contributed by atoms with Crippen LogP contribution in [0, 0.1) is 6.92 Å². The molecule has 0 unspecified atom stereocenters. The first kappa shape index (κ1) is 13.0. The van der Waals surface area contributed by atoms with Crippen LogP contribution in [-0.4, -0.2) is 28.8 Å². The molecule has 0 atom stereocenters. The molecule has 2 rings (SSSR count). The predicted octanol–water partition coefficient (Wildman–Crippen LogP) is 1.77. The molecule has 100 valence electrons. The summed E-state index contributed by atoms with van der Waals surface area (Å²) in [5, 5.41) is 3.63. The third-order valence-corrected chi connectivity index (χ3v) is 2.87. The molecule has 1 aliphatic carbocycles. The number of hydrogen-bond acceptors (Lipinski definition) is 6. The van der Waals surface area contributed by atoms with Crippen LogP contribution >= 0.6 is 0 Å². The molecular weight excluding hydrogens is 236 g/mol. The Hall–Kier alpha value is -1.43. The first-order valence-electron chi connectivity index (χ1n) is 6.30. The average molecular weight is 254 g/mol. The molecule has 1 aromatic rings. The fraction of sp³-hybridized carbons (Fsp3) is 0.750. The molecule has 1 saturated carbocycles. The molecule has 0 aromatic carbocycles. The fourth-order valence-corrected chi connectivity index (χ4v) is 2.02. The van der Waals surface area contributed by atoms with E-state index >= 15 is 0 Å². The van der Waals surface area contributed by atoms with Crippen molar-refractivity contribution in [3.05, 3.63) is 11.7 Å². The summed E-state index contributed by atoms with van der Waals surface area (Å²) in [6, 6.07) is 0. The van der Waals surface area contributed by atoms with Crippen LogP contribution in [0.3, 0.4) is 0 Å². The zero-order chi connectivity index (χ0) is 12.8. The Morgan fingerprint density at radius 3 is 2.83 bits per heavy atom. The Labute approximate surface area is 106 Å². The van der Waals surface area contributed by atoms with Crippen molar-refractivity contribution in [1.29, 1.82) is 0 Å². The molecule has 6 nitrogen and oxygen atoms in total. The molecule has 1 heterocycles. The van der Waals surface area contributed by atoms with Gasteiger partial charge in [-0.15, -0.1) is 0 Å². The Bertz CT molecular complexity index is 385. The molecule has 1 fully saturated rings. The van der Waals surface area contributed by atoms with Crippen molar-refractivity contribution >= 4 is 5.97 Å². The van der Waals surface area contributed by atoms with E-state index in [0.29, 0.717) is 11.7 Å².